The molecule has 4 heteroatoms. The van der Waals surface area contributed by atoms with Crippen LogP contribution >= 0.6 is 12.2 Å². The minimum absolute atomic E-state index is 0.0418. The lowest BCUT2D eigenvalue weighted by Gasteiger charge is -2.40. The minimum Gasteiger partial charge on any atom is -0.271 e. The number of benzene rings is 2. The lowest BCUT2D eigenvalue weighted by molar-refractivity contribution is 0.0613. The molecule has 1 heterocycles. The van der Waals surface area contributed by atoms with Crippen molar-refractivity contribution < 1.29 is 4.79 Å². The van der Waals surface area contributed by atoms with E-state index in [0.29, 0.717) is 16.5 Å². The van der Waals surface area contributed by atoms with E-state index in [1.54, 1.807) is 4.90 Å². The predicted octanol–water partition coefficient (Wildman–Crippen LogP) is 4.87. The number of hydrogen-bond donors (Lipinski definition) is 0. The van der Waals surface area contributed by atoms with Gasteiger partial charge in [0.2, 0.25) is 0 Å². The van der Waals surface area contributed by atoms with Crippen molar-refractivity contribution in [2.45, 2.75) is 38.3 Å². The average molecular weight is 362 g/mol. The molecular formula is C22H22N2OS. The molecule has 0 atom stereocenters. The second-order valence-electron chi connectivity index (χ2n) is 7.30. The fourth-order valence-electron chi connectivity index (χ4n) is 3.94. The number of thiocarbonyl (C=S) groups is 1. The molecule has 2 aromatic carbocycles. The summed E-state index contributed by atoms with van der Waals surface area (Å²) in [6.45, 7) is 2.27. The molecule has 0 saturated heterocycles. The van der Waals surface area contributed by atoms with Crippen LogP contribution in [0.5, 0.6) is 0 Å². The number of amides is 1. The largest absolute Gasteiger partial charge is 0.271 e. The summed E-state index contributed by atoms with van der Waals surface area (Å²) in [5.74, 6) is 0.624. The van der Waals surface area contributed by atoms with E-state index in [0.717, 1.165) is 37.0 Å². The normalized spacial score (nSPS) is 25.4. The van der Waals surface area contributed by atoms with Crippen LogP contribution in [0.15, 0.2) is 65.7 Å². The van der Waals surface area contributed by atoms with E-state index in [9.17, 15) is 4.79 Å². The van der Waals surface area contributed by atoms with Gasteiger partial charge in [0.1, 0.15) is 16.4 Å². The number of hydrogen-bond acceptors (Lipinski definition) is 3. The second kappa shape index (κ2) is 6.76. The van der Waals surface area contributed by atoms with E-state index in [4.69, 9.17) is 17.2 Å². The molecule has 132 valence electrons. The van der Waals surface area contributed by atoms with Gasteiger partial charge in [-0.25, -0.2) is 0 Å². The number of carbonyl (C=O) groups is 1. The van der Waals surface area contributed by atoms with Gasteiger partial charge in [-0.3, -0.25) is 14.7 Å². The summed E-state index contributed by atoms with van der Waals surface area (Å²) in [5, 5.41) is 0. The average Bonchev–Trinajstić information content (AvgIpc) is 2.97. The second-order valence-corrected chi connectivity index (χ2v) is 7.69. The molecule has 1 spiro atoms. The maximum atomic E-state index is 13.4. The van der Waals surface area contributed by atoms with Gasteiger partial charge in [-0.1, -0.05) is 67.7 Å². The van der Waals surface area contributed by atoms with Crippen molar-refractivity contribution in [3.05, 3.63) is 71.8 Å². The molecule has 3 nitrogen and oxygen atoms in total. The molecule has 0 radical (unpaired) electrons. The fourth-order valence-corrected chi connectivity index (χ4v) is 4.35. The van der Waals surface area contributed by atoms with Crippen molar-refractivity contribution in [1.29, 1.82) is 0 Å². The molecule has 1 saturated carbocycles. The number of rotatable bonds is 2. The first kappa shape index (κ1) is 17.1. The SMILES string of the molecule is CC1CCC2(CC1)N=C(c1ccccc1)C(=S)N2C(=O)c1ccccc1. The number of aliphatic imine (C=N–C) groups is 1. The maximum Gasteiger partial charge on any atom is 0.260 e. The van der Waals surface area contributed by atoms with Gasteiger partial charge < -0.3 is 0 Å². The van der Waals surface area contributed by atoms with Crippen molar-refractivity contribution in [2.75, 3.05) is 0 Å². The highest BCUT2D eigenvalue weighted by molar-refractivity contribution is 7.82. The number of nitrogens with zero attached hydrogens (tertiary/aromatic N) is 2. The Balaban J connectivity index is 1.77. The van der Waals surface area contributed by atoms with Gasteiger partial charge in [0.25, 0.3) is 5.91 Å². The van der Waals surface area contributed by atoms with E-state index in [-0.39, 0.29) is 5.91 Å². The Morgan fingerprint density at radius 2 is 1.62 bits per heavy atom. The van der Waals surface area contributed by atoms with Gasteiger partial charge in [-0.15, -0.1) is 0 Å². The van der Waals surface area contributed by atoms with E-state index in [1.807, 2.05) is 60.7 Å². The lowest BCUT2D eigenvalue weighted by atomic mass is 9.82. The fraction of sp³-hybridized carbons (Fsp3) is 0.318. The van der Waals surface area contributed by atoms with E-state index in [1.165, 1.54) is 0 Å². The summed E-state index contributed by atoms with van der Waals surface area (Å²) in [4.78, 5) is 20.8. The molecule has 2 aromatic rings. The van der Waals surface area contributed by atoms with Gasteiger partial charge >= 0.3 is 0 Å². The lowest BCUT2D eigenvalue weighted by Crippen LogP contribution is -2.51. The van der Waals surface area contributed by atoms with Crippen LogP contribution in [0.4, 0.5) is 0 Å². The van der Waals surface area contributed by atoms with Gasteiger partial charge in [-0.2, -0.15) is 0 Å². The Morgan fingerprint density at radius 1 is 1.04 bits per heavy atom. The summed E-state index contributed by atoms with van der Waals surface area (Å²) in [5.41, 5.74) is 1.90. The Hall–Kier alpha value is -2.33. The zero-order chi connectivity index (χ0) is 18.1. The summed E-state index contributed by atoms with van der Waals surface area (Å²) in [7, 11) is 0. The molecule has 1 amide bonds. The van der Waals surface area contributed by atoms with Gasteiger partial charge in [0.05, 0.1) is 0 Å². The predicted molar refractivity (Wildman–Crippen MR) is 109 cm³/mol. The van der Waals surface area contributed by atoms with Crippen molar-refractivity contribution in [3.63, 3.8) is 0 Å². The zero-order valence-electron chi connectivity index (χ0n) is 14.9. The zero-order valence-corrected chi connectivity index (χ0v) is 15.7. The van der Waals surface area contributed by atoms with Gasteiger partial charge in [0, 0.05) is 11.1 Å². The van der Waals surface area contributed by atoms with Crippen LogP contribution in [0, 0.1) is 5.92 Å². The summed E-state index contributed by atoms with van der Waals surface area (Å²) in [6.07, 6.45) is 3.85. The quantitative estimate of drug-likeness (QED) is 0.714. The smallest absolute Gasteiger partial charge is 0.260 e. The highest BCUT2D eigenvalue weighted by atomic mass is 32.1. The maximum absolute atomic E-state index is 13.4. The van der Waals surface area contributed by atoms with Crippen LogP contribution in [-0.2, 0) is 0 Å². The van der Waals surface area contributed by atoms with Crippen LogP contribution in [0.3, 0.4) is 0 Å². The Labute approximate surface area is 159 Å². The summed E-state index contributed by atoms with van der Waals surface area (Å²) in [6, 6.07) is 19.4. The Bertz CT molecular complexity index is 852. The summed E-state index contributed by atoms with van der Waals surface area (Å²) >= 11 is 5.78. The van der Waals surface area contributed by atoms with Crippen molar-refractivity contribution >= 4 is 28.8 Å². The van der Waals surface area contributed by atoms with Crippen molar-refractivity contribution in [3.8, 4) is 0 Å². The van der Waals surface area contributed by atoms with Crippen LogP contribution in [0.1, 0.15) is 48.5 Å². The summed E-state index contributed by atoms with van der Waals surface area (Å²) < 4.78 is 0. The van der Waals surface area contributed by atoms with E-state index >= 15 is 0 Å². The van der Waals surface area contributed by atoms with Crippen molar-refractivity contribution in [1.82, 2.24) is 4.90 Å². The molecule has 1 aliphatic heterocycles. The third-order valence-electron chi connectivity index (χ3n) is 5.49. The van der Waals surface area contributed by atoms with Gasteiger partial charge in [-0.05, 0) is 43.7 Å². The van der Waals surface area contributed by atoms with Crippen LogP contribution < -0.4 is 0 Å². The molecule has 0 N–H and O–H groups in total. The highest BCUT2D eigenvalue weighted by Gasteiger charge is 2.49. The minimum atomic E-state index is -0.526. The van der Waals surface area contributed by atoms with Crippen molar-refractivity contribution in [2.24, 2.45) is 10.9 Å². The monoisotopic (exact) mass is 362 g/mol. The topological polar surface area (TPSA) is 32.7 Å². The number of carbonyl (C=O) groups excluding carboxylic acids is 1. The van der Waals surface area contributed by atoms with E-state index in [2.05, 4.69) is 6.92 Å². The standard InChI is InChI=1S/C22H22N2OS/c1-16-12-14-22(15-13-16)23-19(17-8-4-2-5-9-17)21(26)24(22)20(25)18-10-6-3-7-11-18/h2-11,16H,12-15H2,1H3. The highest BCUT2D eigenvalue weighted by Crippen LogP contribution is 2.42. The van der Waals surface area contributed by atoms with Crippen LogP contribution in [0.2, 0.25) is 0 Å². The molecule has 1 fully saturated rings. The molecule has 0 aromatic heterocycles. The first-order valence-electron chi connectivity index (χ1n) is 9.20. The molecule has 1 aliphatic carbocycles. The van der Waals surface area contributed by atoms with E-state index < -0.39 is 5.66 Å². The molecule has 26 heavy (non-hydrogen) atoms. The molecule has 4 rings (SSSR count). The third kappa shape index (κ3) is 2.88. The third-order valence-corrected chi connectivity index (χ3v) is 5.86. The van der Waals surface area contributed by atoms with Gasteiger partial charge in [0.15, 0.2) is 0 Å². The molecular weight excluding hydrogens is 340 g/mol. The molecule has 0 bridgehead atoms. The van der Waals surface area contributed by atoms with Crippen LogP contribution in [-0.4, -0.2) is 27.2 Å². The Kier molecular flexibility index (Phi) is 4.45. The molecule has 2 aliphatic rings. The first-order valence-corrected chi connectivity index (χ1v) is 9.61. The van der Waals surface area contributed by atoms with Crippen LogP contribution in [0.25, 0.3) is 0 Å². The first-order chi connectivity index (χ1) is 12.6. The Morgan fingerprint density at radius 3 is 2.23 bits per heavy atom. The molecule has 0 unspecified atom stereocenters.